The van der Waals surface area contributed by atoms with E-state index in [2.05, 4.69) is 41.6 Å². The second-order valence-corrected chi connectivity index (χ2v) is 9.37. The van der Waals surface area contributed by atoms with Crippen LogP contribution in [0.1, 0.15) is 38.3 Å². The average molecular weight is 478 g/mol. The van der Waals surface area contributed by atoms with Crippen LogP contribution >= 0.6 is 0 Å². The van der Waals surface area contributed by atoms with Crippen LogP contribution in [0.4, 0.5) is 10.5 Å². The van der Waals surface area contributed by atoms with Crippen molar-refractivity contribution in [2.75, 3.05) is 31.6 Å². The van der Waals surface area contributed by atoms with E-state index in [0.717, 1.165) is 43.9 Å². The van der Waals surface area contributed by atoms with E-state index in [9.17, 15) is 4.79 Å². The maximum absolute atomic E-state index is 12.6. The summed E-state index contributed by atoms with van der Waals surface area (Å²) in [5.41, 5.74) is 3.09. The number of nitrogens with zero attached hydrogens (tertiary/aromatic N) is 3. The van der Waals surface area contributed by atoms with Crippen LogP contribution < -0.4 is 9.64 Å². The van der Waals surface area contributed by atoms with Crippen molar-refractivity contribution in [2.24, 2.45) is 0 Å². The van der Waals surface area contributed by atoms with Crippen LogP contribution in [-0.2, 0) is 20.9 Å². The molecule has 35 heavy (non-hydrogen) atoms. The first-order chi connectivity index (χ1) is 16.9. The van der Waals surface area contributed by atoms with E-state index in [4.69, 9.17) is 19.1 Å². The van der Waals surface area contributed by atoms with Crippen molar-refractivity contribution in [1.29, 1.82) is 0 Å². The number of carbonyl (C=O) groups is 1. The Hall–Kier alpha value is -3.61. The Morgan fingerprint density at radius 1 is 1.09 bits per heavy atom. The highest BCUT2D eigenvalue weighted by atomic mass is 16.6. The molecule has 2 aromatic carbocycles. The minimum atomic E-state index is -0.376. The summed E-state index contributed by atoms with van der Waals surface area (Å²) in [5.74, 6) is 0.886. The molecule has 0 aliphatic carbocycles. The number of methoxy groups -OCH3 is 1. The summed E-state index contributed by atoms with van der Waals surface area (Å²) in [4.78, 5) is 33.1. The fourth-order valence-corrected chi connectivity index (χ4v) is 5.03. The first-order valence-corrected chi connectivity index (χ1v) is 11.8. The summed E-state index contributed by atoms with van der Waals surface area (Å²) in [7, 11) is 1.71. The summed E-state index contributed by atoms with van der Waals surface area (Å²) in [6, 6.07) is 16.5. The molecule has 0 unspecified atom stereocenters. The van der Waals surface area contributed by atoms with Gasteiger partial charge in [0.1, 0.15) is 11.4 Å². The Morgan fingerprint density at radius 2 is 1.77 bits per heavy atom. The lowest BCUT2D eigenvalue weighted by molar-refractivity contribution is -0.191. The smallest absolute Gasteiger partial charge is 0.415 e. The number of benzene rings is 2. The van der Waals surface area contributed by atoms with Gasteiger partial charge in [-0.15, -0.1) is 0 Å². The number of para-hydroxylation sites is 1. The number of fused-ring (bicyclic) bond motifs is 1. The molecule has 1 spiro atoms. The van der Waals surface area contributed by atoms with Crippen molar-refractivity contribution in [2.45, 2.75) is 44.9 Å². The topological polar surface area (TPSA) is 81.1 Å². The summed E-state index contributed by atoms with van der Waals surface area (Å²) in [6.45, 7) is 7.77. The third-order valence-corrected chi connectivity index (χ3v) is 6.88. The van der Waals surface area contributed by atoms with Gasteiger partial charge in [0.15, 0.2) is 0 Å². The number of amides is 1. The Morgan fingerprint density at radius 3 is 2.40 bits per heavy atom. The minimum absolute atomic E-state index is 0.225. The van der Waals surface area contributed by atoms with Gasteiger partial charge in [-0.2, -0.15) is 9.59 Å². The maximum atomic E-state index is 12.6. The highest BCUT2D eigenvalue weighted by molar-refractivity contribution is 5.90. The third-order valence-electron chi connectivity index (χ3n) is 6.88. The zero-order chi connectivity index (χ0) is 25.0. The van der Waals surface area contributed by atoms with Crippen molar-refractivity contribution < 1.29 is 23.9 Å². The molecule has 2 fully saturated rings. The van der Waals surface area contributed by atoms with Gasteiger partial charge in [0.2, 0.25) is 0 Å². The number of rotatable bonds is 5. The molecule has 0 atom stereocenters. The fraction of sp³-hybridized carbons (Fsp3) is 0.407. The van der Waals surface area contributed by atoms with Crippen LogP contribution in [0, 0.1) is 0 Å². The van der Waals surface area contributed by atoms with Crippen LogP contribution in [-0.4, -0.2) is 54.1 Å². The lowest BCUT2D eigenvalue weighted by atomic mass is 9.91. The van der Waals surface area contributed by atoms with E-state index in [1.807, 2.05) is 36.4 Å². The number of aromatic nitrogens is 1. The molecule has 184 valence electrons. The van der Waals surface area contributed by atoms with Crippen LogP contribution in [0.15, 0.2) is 54.7 Å². The highest BCUT2D eigenvalue weighted by Gasteiger charge is 2.47. The van der Waals surface area contributed by atoms with Gasteiger partial charge in [-0.25, -0.2) is 4.79 Å². The van der Waals surface area contributed by atoms with Crippen molar-refractivity contribution >= 4 is 28.8 Å². The molecule has 2 aliphatic heterocycles. The quantitative estimate of drug-likeness (QED) is 0.533. The lowest BCUT2D eigenvalue weighted by Gasteiger charge is -2.37. The van der Waals surface area contributed by atoms with Crippen LogP contribution in [0.5, 0.6) is 5.75 Å². The summed E-state index contributed by atoms with van der Waals surface area (Å²) >= 11 is 0. The van der Waals surface area contributed by atoms with Crippen molar-refractivity contribution in [3.63, 3.8) is 0 Å². The molecular weight excluding hydrogens is 446 g/mol. The number of hydrogen-bond acceptors (Lipinski definition) is 6. The second kappa shape index (κ2) is 10.3. The molecule has 3 aromatic rings. The summed E-state index contributed by atoms with van der Waals surface area (Å²) in [5, 5.41) is 1.25. The van der Waals surface area contributed by atoms with E-state index < -0.39 is 0 Å². The molecule has 1 amide bonds. The molecule has 0 bridgehead atoms. The van der Waals surface area contributed by atoms with E-state index >= 15 is 0 Å². The van der Waals surface area contributed by atoms with Gasteiger partial charge >= 0.3 is 12.2 Å². The molecule has 8 nitrogen and oxygen atoms in total. The summed E-state index contributed by atoms with van der Waals surface area (Å²) in [6.07, 6.45) is 4.02. The van der Waals surface area contributed by atoms with Gasteiger partial charge in [-0.3, -0.25) is 9.80 Å². The second-order valence-electron chi connectivity index (χ2n) is 9.37. The predicted octanol–water partition coefficient (Wildman–Crippen LogP) is 4.64. The van der Waals surface area contributed by atoms with Gasteiger partial charge < -0.3 is 14.0 Å². The Labute approximate surface area is 205 Å². The van der Waals surface area contributed by atoms with E-state index in [0.29, 0.717) is 12.6 Å². The molecule has 5 rings (SSSR count). The maximum Gasteiger partial charge on any atom is 0.415 e. The minimum Gasteiger partial charge on any atom is -0.497 e. The van der Waals surface area contributed by atoms with Crippen LogP contribution in [0.3, 0.4) is 0 Å². The van der Waals surface area contributed by atoms with Crippen molar-refractivity contribution in [3.05, 3.63) is 60.3 Å². The first kappa shape index (κ1) is 24.5. The van der Waals surface area contributed by atoms with Gasteiger partial charge in [0.25, 0.3) is 0 Å². The molecule has 2 aliphatic rings. The fourth-order valence-electron chi connectivity index (χ4n) is 5.03. The van der Waals surface area contributed by atoms with Gasteiger partial charge in [0, 0.05) is 61.3 Å². The molecule has 8 heteroatoms. The van der Waals surface area contributed by atoms with E-state index in [1.54, 1.807) is 12.0 Å². The summed E-state index contributed by atoms with van der Waals surface area (Å²) < 4.78 is 13.8. The SMILES string of the molecule is COc1ccc2c(c1)c(CN1CCC3(CC1)CN(c1ccccc1)C(=O)O3)cn2C(C)C.O=C=O. The third kappa shape index (κ3) is 5.09. The Kier molecular flexibility index (Phi) is 7.24. The van der Waals surface area contributed by atoms with Crippen LogP contribution in [0.2, 0.25) is 0 Å². The number of ether oxygens (including phenoxy) is 2. The number of anilines is 1. The van der Waals surface area contributed by atoms with Crippen LogP contribution in [0.25, 0.3) is 10.9 Å². The zero-order valence-electron chi connectivity index (χ0n) is 20.4. The highest BCUT2D eigenvalue weighted by Crippen LogP contribution is 2.37. The molecule has 1 aromatic heterocycles. The monoisotopic (exact) mass is 477 g/mol. The van der Waals surface area contributed by atoms with Gasteiger partial charge in [-0.05, 0) is 49.7 Å². The van der Waals surface area contributed by atoms with E-state index in [-0.39, 0.29) is 17.8 Å². The van der Waals surface area contributed by atoms with Gasteiger partial charge in [-0.1, -0.05) is 18.2 Å². The molecule has 3 heterocycles. The normalized spacial score (nSPS) is 17.3. The molecule has 2 saturated heterocycles. The average Bonchev–Trinajstić information content (AvgIpc) is 3.39. The Balaban J connectivity index is 0.000000917. The van der Waals surface area contributed by atoms with Gasteiger partial charge in [0.05, 0.1) is 13.7 Å². The largest absolute Gasteiger partial charge is 0.497 e. The number of hydrogen-bond donors (Lipinski definition) is 0. The first-order valence-electron chi connectivity index (χ1n) is 11.8. The predicted molar refractivity (Wildman–Crippen MR) is 131 cm³/mol. The lowest BCUT2D eigenvalue weighted by Crippen LogP contribution is -2.46. The van der Waals surface area contributed by atoms with Crippen molar-refractivity contribution in [1.82, 2.24) is 9.47 Å². The van der Waals surface area contributed by atoms with E-state index in [1.165, 1.54) is 16.5 Å². The zero-order valence-corrected chi connectivity index (χ0v) is 20.4. The number of piperidine rings is 1. The number of likely N-dealkylation sites (tertiary alicyclic amines) is 1. The van der Waals surface area contributed by atoms with Crippen molar-refractivity contribution in [3.8, 4) is 5.75 Å². The molecular formula is C27H31N3O5. The molecule has 0 N–H and O–H groups in total. The standard InChI is InChI=1S/C26H31N3O3.CO2/c1-19(2)28-17-20(23-15-22(31-3)9-10-24(23)28)16-27-13-11-26(12-14-27)18-29(25(30)32-26)21-7-5-4-6-8-21;2-1-3/h4-10,15,17,19H,11-14,16,18H2,1-3H3;. The molecule has 0 radical (unpaired) electrons. The Bertz CT molecular complexity index is 1210. The number of carbonyl (C=O) groups excluding carboxylic acids is 3. The molecule has 0 saturated carbocycles.